The molecule has 2 aromatic carbocycles. The van der Waals surface area contributed by atoms with Crippen molar-refractivity contribution in [2.45, 2.75) is 31.6 Å². The lowest BCUT2D eigenvalue weighted by Gasteiger charge is -2.15. The van der Waals surface area contributed by atoms with Gasteiger partial charge in [-0.3, -0.25) is 9.59 Å². The van der Waals surface area contributed by atoms with Gasteiger partial charge in [0.1, 0.15) is 5.75 Å². The Labute approximate surface area is 197 Å². The van der Waals surface area contributed by atoms with E-state index in [1.54, 1.807) is 49.6 Å². The number of benzene rings is 2. The summed E-state index contributed by atoms with van der Waals surface area (Å²) in [5.41, 5.74) is 2.34. The van der Waals surface area contributed by atoms with E-state index in [0.717, 1.165) is 11.3 Å². The number of carbonyl (C=O) groups is 2. The van der Waals surface area contributed by atoms with Crippen LogP contribution in [0.3, 0.4) is 0 Å². The predicted octanol–water partition coefficient (Wildman–Crippen LogP) is 4.00. The fraction of sp³-hybridized carbons (Fsp3) is 0.250. The average Bonchev–Trinajstić information content (AvgIpc) is 3.21. The summed E-state index contributed by atoms with van der Waals surface area (Å²) in [4.78, 5) is 25.0. The van der Waals surface area contributed by atoms with E-state index in [9.17, 15) is 9.59 Å². The van der Waals surface area contributed by atoms with E-state index >= 15 is 0 Å². The van der Waals surface area contributed by atoms with Crippen LogP contribution in [0.25, 0.3) is 0 Å². The lowest BCUT2D eigenvalue weighted by atomic mass is 10.1. The molecule has 0 aliphatic rings. The number of hydrogen-bond acceptors (Lipinski definition) is 6. The Morgan fingerprint density at radius 1 is 1.15 bits per heavy atom. The summed E-state index contributed by atoms with van der Waals surface area (Å²) in [6.07, 6.45) is 1.73. The molecule has 0 aliphatic carbocycles. The molecule has 0 unspecified atom stereocenters. The summed E-state index contributed by atoms with van der Waals surface area (Å²) in [5.74, 6) is 1.11. The Hall–Kier alpha value is -3.59. The number of allylic oxidation sites excluding steroid dienone is 1. The normalized spacial score (nSPS) is 11.5. The van der Waals surface area contributed by atoms with Gasteiger partial charge in [0, 0.05) is 17.8 Å². The van der Waals surface area contributed by atoms with E-state index in [1.807, 2.05) is 30.5 Å². The highest BCUT2D eigenvalue weighted by molar-refractivity contribution is 7.99. The van der Waals surface area contributed by atoms with Gasteiger partial charge in [-0.05, 0) is 50.2 Å². The molecule has 1 heterocycles. The first-order valence-corrected chi connectivity index (χ1v) is 11.4. The van der Waals surface area contributed by atoms with Crippen molar-refractivity contribution in [3.8, 4) is 5.75 Å². The van der Waals surface area contributed by atoms with E-state index in [0.29, 0.717) is 28.8 Å². The van der Waals surface area contributed by atoms with Crippen LogP contribution < -0.4 is 15.4 Å². The third-order valence-electron chi connectivity index (χ3n) is 4.81. The first-order chi connectivity index (χ1) is 15.9. The van der Waals surface area contributed by atoms with Crippen molar-refractivity contribution in [1.82, 2.24) is 20.1 Å². The van der Waals surface area contributed by atoms with Crippen molar-refractivity contribution in [1.29, 1.82) is 0 Å². The number of nitrogens with zero attached hydrogens (tertiary/aromatic N) is 3. The van der Waals surface area contributed by atoms with Crippen LogP contribution in [0.5, 0.6) is 5.75 Å². The number of amides is 2. The zero-order chi connectivity index (χ0) is 23.8. The van der Waals surface area contributed by atoms with Crippen molar-refractivity contribution in [2.75, 3.05) is 18.2 Å². The molecule has 0 bridgehead atoms. The van der Waals surface area contributed by atoms with Crippen LogP contribution in [-0.2, 0) is 11.3 Å². The van der Waals surface area contributed by atoms with Gasteiger partial charge in [0.25, 0.3) is 5.91 Å². The molecule has 2 amide bonds. The second-order valence-electron chi connectivity index (χ2n) is 7.37. The lowest BCUT2D eigenvalue weighted by Crippen LogP contribution is -2.28. The van der Waals surface area contributed by atoms with Crippen molar-refractivity contribution in [2.24, 2.45) is 0 Å². The molecule has 1 atom stereocenters. The summed E-state index contributed by atoms with van der Waals surface area (Å²) < 4.78 is 6.97. The minimum absolute atomic E-state index is 0.158. The topological polar surface area (TPSA) is 98.1 Å². The molecule has 2 N–H and O–H groups in total. The van der Waals surface area contributed by atoms with Gasteiger partial charge in [0.05, 0.1) is 18.9 Å². The predicted molar refractivity (Wildman–Crippen MR) is 130 cm³/mol. The molecule has 9 heteroatoms. The smallest absolute Gasteiger partial charge is 0.251 e. The minimum Gasteiger partial charge on any atom is -0.497 e. The van der Waals surface area contributed by atoms with Crippen molar-refractivity contribution in [3.05, 3.63) is 78.1 Å². The monoisotopic (exact) mass is 465 g/mol. The summed E-state index contributed by atoms with van der Waals surface area (Å²) in [5, 5.41) is 14.9. The molecule has 0 saturated carbocycles. The molecule has 172 valence electrons. The molecule has 3 rings (SSSR count). The number of hydrogen-bond donors (Lipinski definition) is 2. The highest BCUT2D eigenvalue weighted by Gasteiger charge is 2.20. The molecule has 0 aliphatic heterocycles. The number of ether oxygens (including phenoxy) is 1. The maximum atomic E-state index is 12.6. The molecule has 8 nitrogen and oxygen atoms in total. The van der Waals surface area contributed by atoms with Crippen LogP contribution in [0.4, 0.5) is 5.69 Å². The number of methoxy groups -OCH3 is 1. The van der Waals surface area contributed by atoms with Gasteiger partial charge in [-0.25, -0.2) is 0 Å². The van der Waals surface area contributed by atoms with Crippen LogP contribution in [0.15, 0.2) is 66.3 Å². The number of aromatic nitrogens is 3. The van der Waals surface area contributed by atoms with Gasteiger partial charge < -0.3 is 19.9 Å². The maximum absolute atomic E-state index is 12.6. The molecule has 0 fully saturated rings. The second kappa shape index (κ2) is 11.3. The summed E-state index contributed by atoms with van der Waals surface area (Å²) in [7, 11) is 1.59. The van der Waals surface area contributed by atoms with E-state index < -0.39 is 0 Å². The standard InChI is InChI=1S/C24H27N5O3S/c1-5-14-29-22(17(3)25-23(31)18-8-6-16(2)7-9-18)27-28-24(29)33-15-21(30)26-19-10-12-20(32-4)13-11-19/h5-13,17H,1,14-15H2,2-4H3,(H,25,31)(H,26,30)/t17-/m1/s1. The fourth-order valence-electron chi connectivity index (χ4n) is 3.08. The van der Waals surface area contributed by atoms with Crippen LogP contribution >= 0.6 is 11.8 Å². The first-order valence-electron chi connectivity index (χ1n) is 10.4. The van der Waals surface area contributed by atoms with E-state index in [-0.39, 0.29) is 23.6 Å². The van der Waals surface area contributed by atoms with Gasteiger partial charge in [0.2, 0.25) is 5.91 Å². The quantitative estimate of drug-likeness (QED) is 0.347. The van der Waals surface area contributed by atoms with Crippen molar-refractivity contribution >= 4 is 29.3 Å². The summed E-state index contributed by atoms with van der Waals surface area (Å²) in [6.45, 7) is 8.07. The fourth-order valence-corrected chi connectivity index (χ4v) is 3.83. The van der Waals surface area contributed by atoms with Gasteiger partial charge in [-0.1, -0.05) is 35.5 Å². The van der Waals surface area contributed by atoms with Gasteiger partial charge in [-0.2, -0.15) is 0 Å². The molecule has 0 radical (unpaired) electrons. The second-order valence-corrected chi connectivity index (χ2v) is 8.31. The van der Waals surface area contributed by atoms with E-state index in [1.165, 1.54) is 11.8 Å². The average molecular weight is 466 g/mol. The SMILES string of the molecule is C=CCn1c(SCC(=O)Nc2ccc(OC)cc2)nnc1[C@@H](C)NC(=O)c1ccc(C)cc1. The molecule has 0 spiro atoms. The maximum Gasteiger partial charge on any atom is 0.251 e. The Bertz CT molecular complexity index is 1110. The van der Waals surface area contributed by atoms with Gasteiger partial charge in [0.15, 0.2) is 11.0 Å². The van der Waals surface area contributed by atoms with Crippen molar-refractivity contribution < 1.29 is 14.3 Å². The third-order valence-corrected chi connectivity index (χ3v) is 5.78. The summed E-state index contributed by atoms with van der Waals surface area (Å²) in [6, 6.07) is 14.1. The molecule has 0 saturated heterocycles. The number of nitrogens with one attached hydrogen (secondary N) is 2. The molecule has 33 heavy (non-hydrogen) atoms. The number of carbonyl (C=O) groups excluding carboxylic acids is 2. The van der Waals surface area contributed by atoms with E-state index in [2.05, 4.69) is 27.4 Å². The number of aryl methyl sites for hydroxylation is 1. The zero-order valence-electron chi connectivity index (χ0n) is 18.9. The van der Waals surface area contributed by atoms with Crippen LogP contribution in [0.2, 0.25) is 0 Å². The third kappa shape index (κ3) is 6.45. The largest absolute Gasteiger partial charge is 0.497 e. The first kappa shape index (κ1) is 24.1. The number of thioether (sulfide) groups is 1. The zero-order valence-corrected chi connectivity index (χ0v) is 19.7. The Morgan fingerprint density at radius 3 is 2.48 bits per heavy atom. The highest BCUT2D eigenvalue weighted by atomic mass is 32.2. The number of rotatable bonds is 10. The highest BCUT2D eigenvalue weighted by Crippen LogP contribution is 2.22. The van der Waals surface area contributed by atoms with Gasteiger partial charge in [-0.15, -0.1) is 16.8 Å². The number of anilines is 1. The summed E-state index contributed by atoms with van der Waals surface area (Å²) >= 11 is 1.27. The molecular formula is C24H27N5O3S. The van der Waals surface area contributed by atoms with E-state index in [4.69, 9.17) is 4.74 Å². The lowest BCUT2D eigenvalue weighted by molar-refractivity contribution is -0.113. The van der Waals surface area contributed by atoms with Gasteiger partial charge >= 0.3 is 0 Å². The van der Waals surface area contributed by atoms with Crippen LogP contribution in [0, 0.1) is 6.92 Å². The van der Waals surface area contributed by atoms with Crippen LogP contribution in [-0.4, -0.2) is 39.4 Å². The Kier molecular flexibility index (Phi) is 8.26. The Morgan fingerprint density at radius 2 is 1.85 bits per heavy atom. The molecule has 3 aromatic rings. The molecular weight excluding hydrogens is 438 g/mol. The molecule has 1 aromatic heterocycles. The Balaban J connectivity index is 1.64. The van der Waals surface area contributed by atoms with Crippen LogP contribution in [0.1, 0.15) is 34.7 Å². The minimum atomic E-state index is -0.381. The van der Waals surface area contributed by atoms with Crippen molar-refractivity contribution in [3.63, 3.8) is 0 Å².